The molecule has 1 unspecified atom stereocenters. The molecule has 5 heteroatoms. The van der Waals surface area contributed by atoms with Gasteiger partial charge in [0.25, 0.3) is 0 Å². The fraction of sp³-hybridized carbons (Fsp3) is 0.500. The molecule has 0 spiro atoms. The van der Waals surface area contributed by atoms with E-state index in [9.17, 15) is 9.59 Å². The number of anilines is 1. The van der Waals surface area contributed by atoms with Crippen LogP contribution in [0.3, 0.4) is 0 Å². The van der Waals surface area contributed by atoms with Gasteiger partial charge in [-0.3, -0.25) is 4.79 Å². The Morgan fingerprint density at radius 3 is 2.57 bits per heavy atom. The van der Waals surface area contributed by atoms with Crippen LogP contribution in [0.4, 0.5) is 10.5 Å². The Labute approximate surface area is 125 Å². The van der Waals surface area contributed by atoms with Crippen molar-refractivity contribution < 1.29 is 14.7 Å². The Kier molecular flexibility index (Phi) is 6.72. The van der Waals surface area contributed by atoms with Gasteiger partial charge in [0.05, 0.1) is 5.92 Å². The standard InChI is InChI=1S/C16H24N2O3/c1-11(2)13-7-4-8-14(10-13)18-16(21)17-9-5-6-12(3)15(19)20/h4,7-8,10-12H,5-6,9H2,1-3H3,(H,19,20)(H2,17,18,21). The molecule has 0 radical (unpaired) electrons. The molecule has 0 saturated carbocycles. The molecule has 2 amide bonds. The van der Waals surface area contributed by atoms with Crippen LogP contribution >= 0.6 is 0 Å². The van der Waals surface area contributed by atoms with Gasteiger partial charge in [0, 0.05) is 12.2 Å². The molecule has 0 fully saturated rings. The first-order valence-electron chi connectivity index (χ1n) is 7.27. The number of carbonyl (C=O) groups excluding carboxylic acids is 1. The predicted molar refractivity (Wildman–Crippen MR) is 83.6 cm³/mol. The molecule has 0 aromatic heterocycles. The van der Waals surface area contributed by atoms with E-state index in [-0.39, 0.29) is 11.9 Å². The summed E-state index contributed by atoms with van der Waals surface area (Å²) in [5, 5.41) is 14.3. The highest BCUT2D eigenvalue weighted by molar-refractivity contribution is 5.89. The molecule has 1 rings (SSSR count). The van der Waals surface area contributed by atoms with E-state index in [0.717, 1.165) is 5.69 Å². The number of hydrogen-bond donors (Lipinski definition) is 3. The van der Waals surface area contributed by atoms with Crippen LogP contribution in [0.2, 0.25) is 0 Å². The van der Waals surface area contributed by atoms with E-state index >= 15 is 0 Å². The first-order chi connectivity index (χ1) is 9.90. The zero-order valence-electron chi connectivity index (χ0n) is 12.8. The van der Waals surface area contributed by atoms with Gasteiger partial charge in [-0.15, -0.1) is 0 Å². The van der Waals surface area contributed by atoms with E-state index < -0.39 is 5.97 Å². The molecule has 3 N–H and O–H groups in total. The van der Waals surface area contributed by atoms with Crippen molar-refractivity contribution in [1.29, 1.82) is 0 Å². The smallest absolute Gasteiger partial charge is 0.319 e. The van der Waals surface area contributed by atoms with Crippen LogP contribution in [0.5, 0.6) is 0 Å². The summed E-state index contributed by atoms with van der Waals surface area (Å²) < 4.78 is 0. The molecule has 5 nitrogen and oxygen atoms in total. The molecule has 116 valence electrons. The molecular formula is C16H24N2O3. The van der Waals surface area contributed by atoms with Crippen LogP contribution in [-0.4, -0.2) is 23.7 Å². The van der Waals surface area contributed by atoms with Gasteiger partial charge in [0.1, 0.15) is 0 Å². The number of carboxylic acid groups (broad SMARTS) is 1. The van der Waals surface area contributed by atoms with Gasteiger partial charge >= 0.3 is 12.0 Å². The molecule has 0 aliphatic rings. The van der Waals surface area contributed by atoms with Gasteiger partial charge in [0.2, 0.25) is 0 Å². The molecule has 1 atom stereocenters. The molecule has 21 heavy (non-hydrogen) atoms. The Morgan fingerprint density at radius 1 is 1.24 bits per heavy atom. The fourth-order valence-electron chi connectivity index (χ4n) is 1.88. The van der Waals surface area contributed by atoms with Gasteiger partial charge in [0.15, 0.2) is 0 Å². The van der Waals surface area contributed by atoms with E-state index in [1.165, 1.54) is 5.56 Å². The number of nitrogens with one attached hydrogen (secondary N) is 2. The second-order valence-electron chi connectivity index (χ2n) is 5.54. The lowest BCUT2D eigenvalue weighted by Gasteiger charge is -2.11. The van der Waals surface area contributed by atoms with E-state index in [2.05, 4.69) is 24.5 Å². The summed E-state index contributed by atoms with van der Waals surface area (Å²) in [4.78, 5) is 22.4. The first kappa shape index (κ1) is 17.0. The number of benzene rings is 1. The van der Waals surface area contributed by atoms with Crippen molar-refractivity contribution in [2.24, 2.45) is 5.92 Å². The van der Waals surface area contributed by atoms with E-state index in [1.807, 2.05) is 24.3 Å². The average molecular weight is 292 g/mol. The lowest BCUT2D eigenvalue weighted by Crippen LogP contribution is -2.30. The molecule has 0 heterocycles. The molecule has 1 aromatic carbocycles. The van der Waals surface area contributed by atoms with E-state index in [0.29, 0.717) is 25.3 Å². The highest BCUT2D eigenvalue weighted by Crippen LogP contribution is 2.18. The number of carbonyl (C=O) groups is 2. The molecular weight excluding hydrogens is 268 g/mol. The third-order valence-corrected chi connectivity index (χ3v) is 3.33. The van der Waals surface area contributed by atoms with E-state index in [1.54, 1.807) is 6.92 Å². The van der Waals surface area contributed by atoms with Gasteiger partial charge in [-0.2, -0.15) is 0 Å². The summed E-state index contributed by atoms with van der Waals surface area (Å²) >= 11 is 0. The van der Waals surface area contributed by atoms with Gasteiger partial charge in [-0.25, -0.2) is 4.79 Å². The molecule has 0 aliphatic heterocycles. The minimum absolute atomic E-state index is 0.265. The minimum atomic E-state index is -0.801. The van der Waals surface area contributed by atoms with Crippen molar-refractivity contribution in [2.45, 2.75) is 39.5 Å². The number of amides is 2. The maximum Gasteiger partial charge on any atom is 0.319 e. The van der Waals surface area contributed by atoms with Crippen molar-refractivity contribution in [3.8, 4) is 0 Å². The fourth-order valence-corrected chi connectivity index (χ4v) is 1.88. The van der Waals surface area contributed by atoms with Crippen LogP contribution in [0, 0.1) is 5.92 Å². The minimum Gasteiger partial charge on any atom is -0.481 e. The monoisotopic (exact) mass is 292 g/mol. The second-order valence-corrected chi connectivity index (χ2v) is 5.54. The quantitative estimate of drug-likeness (QED) is 0.674. The van der Waals surface area contributed by atoms with Crippen molar-refractivity contribution in [3.05, 3.63) is 29.8 Å². The maximum atomic E-state index is 11.7. The van der Waals surface area contributed by atoms with Crippen LogP contribution in [0.1, 0.15) is 45.1 Å². The summed E-state index contributed by atoms with van der Waals surface area (Å²) in [7, 11) is 0. The Bertz CT molecular complexity index is 486. The van der Waals surface area contributed by atoms with Gasteiger partial charge in [-0.1, -0.05) is 32.9 Å². The lowest BCUT2D eigenvalue weighted by molar-refractivity contribution is -0.141. The number of aliphatic carboxylic acids is 1. The largest absolute Gasteiger partial charge is 0.481 e. The SMILES string of the molecule is CC(CCCNC(=O)Nc1cccc(C(C)C)c1)C(=O)O. The average Bonchev–Trinajstić information content (AvgIpc) is 2.43. The van der Waals surface area contributed by atoms with Crippen LogP contribution in [0.15, 0.2) is 24.3 Å². The molecule has 1 aromatic rings. The number of hydrogen-bond acceptors (Lipinski definition) is 2. The summed E-state index contributed by atoms with van der Waals surface area (Å²) in [6.45, 7) is 6.33. The molecule has 0 saturated heterocycles. The number of rotatable bonds is 7. The van der Waals surface area contributed by atoms with Crippen LogP contribution in [-0.2, 0) is 4.79 Å². The topological polar surface area (TPSA) is 78.4 Å². The van der Waals surface area contributed by atoms with Gasteiger partial charge in [-0.05, 0) is 36.5 Å². The van der Waals surface area contributed by atoms with Crippen molar-refractivity contribution in [1.82, 2.24) is 5.32 Å². The number of urea groups is 1. The highest BCUT2D eigenvalue weighted by atomic mass is 16.4. The van der Waals surface area contributed by atoms with Crippen LogP contribution < -0.4 is 10.6 Å². The summed E-state index contributed by atoms with van der Waals surface area (Å²) in [6, 6.07) is 7.48. The first-order valence-corrected chi connectivity index (χ1v) is 7.27. The molecule has 0 aliphatic carbocycles. The summed E-state index contributed by atoms with van der Waals surface area (Å²) in [5.41, 5.74) is 1.93. The zero-order valence-corrected chi connectivity index (χ0v) is 12.8. The lowest BCUT2D eigenvalue weighted by atomic mass is 10.0. The maximum absolute atomic E-state index is 11.7. The van der Waals surface area contributed by atoms with Crippen molar-refractivity contribution in [2.75, 3.05) is 11.9 Å². The third kappa shape index (κ3) is 6.29. The predicted octanol–water partition coefficient (Wildman–Crippen LogP) is 3.43. The van der Waals surface area contributed by atoms with Crippen molar-refractivity contribution >= 4 is 17.7 Å². The Morgan fingerprint density at radius 2 is 1.95 bits per heavy atom. The van der Waals surface area contributed by atoms with Crippen molar-refractivity contribution in [3.63, 3.8) is 0 Å². The Balaban J connectivity index is 2.34. The van der Waals surface area contributed by atoms with Gasteiger partial charge < -0.3 is 15.7 Å². The summed E-state index contributed by atoms with van der Waals surface area (Å²) in [5.74, 6) is -0.769. The van der Waals surface area contributed by atoms with Crippen LogP contribution in [0.25, 0.3) is 0 Å². The second kappa shape index (κ2) is 8.29. The molecule has 0 bridgehead atoms. The zero-order chi connectivity index (χ0) is 15.8. The summed E-state index contributed by atoms with van der Waals surface area (Å²) in [6.07, 6.45) is 1.20. The number of carboxylic acids is 1. The normalized spacial score (nSPS) is 12.0. The highest BCUT2D eigenvalue weighted by Gasteiger charge is 2.10. The third-order valence-electron chi connectivity index (χ3n) is 3.33. The Hall–Kier alpha value is -2.04. The van der Waals surface area contributed by atoms with E-state index in [4.69, 9.17) is 5.11 Å².